The molecule has 7 heteroatoms. The van der Waals surface area contributed by atoms with Gasteiger partial charge in [0.2, 0.25) is 15.9 Å². The fourth-order valence-electron chi connectivity index (χ4n) is 3.08. The van der Waals surface area contributed by atoms with Crippen LogP contribution in [-0.4, -0.2) is 32.4 Å². The predicted octanol–water partition coefficient (Wildman–Crippen LogP) is 1.86. The summed E-state index contributed by atoms with van der Waals surface area (Å²) in [5.41, 5.74) is 2.81. The van der Waals surface area contributed by atoms with E-state index in [1.165, 1.54) is 6.07 Å². The van der Waals surface area contributed by atoms with Crippen molar-refractivity contribution < 1.29 is 17.9 Å². The Hall–Kier alpha value is -2.38. The van der Waals surface area contributed by atoms with Crippen LogP contribution in [0, 0.1) is 0 Å². The highest BCUT2D eigenvalue weighted by molar-refractivity contribution is 7.89. The highest BCUT2D eigenvalue weighted by Gasteiger charge is 2.22. The fourth-order valence-corrected chi connectivity index (χ4v) is 3.64. The maximum atomic E-state index is 12.6. The standard InChI is InChI=1S/C19H22N2O4S/c1-2-25-17-6-3-14(4-7-17)11-19(22)21-10-9-15-5-8-18(26(20,23)24)12-16(15)13-21/h3-8,12H,2,9-11,13H2,1H3,(H2,20,23,24). The fraction of sp³-hybridized carbons (Fsp3) is 0.316. The molecule has 2 aromatic rings. The lowest BCUT2D eigenvalue weighted by atomic mass is 9.99. The number of carbonyl (C=O) groups is 1. The van der Waals surface area contributed by atoms with Crippen LogP contribution in [0.25, 0.3) is 0 Å². The monoisotopic (exact) mass is 374 g/mol. The molecule has 0 atom stereocenters. The van der Waals surface area contributed by atoms with Crippen molar-refractivity contribution in [3.05, 3.63) is 59.2 Å². The van der Waals surface area contributed by atoms with Gasteiger partial charge in [-0.2, -0.15) is 0 Å². The Kier molecular flexibility index (Phi) is 5.29. The molecule has 1 amide bonds. The first-order chi connectivity index (χ1) is 12.4. The quantitative estimate of drug-likeness (QED) is 0.865. The zero-order chi connectivity index (χ0) is 18.7. The first kappa shape index (κ1) is 18.4. The number of fused-ring (bicyclic) bond motifs is 1. The Morgan fingerprint density at radius 1 is 1.15 bits per heavy atom. The molecule has 0 unspecified atom stereocenters. The topological polar surface area (TPSA) is 89.7 Å². The SMILES string of the molecule is CCOc1ccc(CC(=O)N2CCc3ccc(S(N)(=O)=O)cc3C2)cc1. The molecule has 0 bridgehead atoms. The lowest BCUT2D eigenvalue weighted by Crippen LogP contribution is -2.37. The smallest absolute Gasteiger partial charge is 0.238 e. The summed E-state index contributed by atoms with van der Waals surface area (Å²) in [7, 11) is -3.75. The molecule has 0 spiro atoms. The Balaban J connectivity index is 1.70. The van der Waals surface area contributed by atoms with Crippen molar-refractivity contribution in [2.24, 2.45) is 5.14 Å². The zero-order valence-corrected chi connectivity index (χ0v) is 15.5. The summed E-state index contributed by atoms with van der Waals surface area (Å²) in [5, 5.41) is 5.20. The van der Waals surface area contributed by atoms with E-state index in [2.05, 4.69) is 0 Å². The number of benzene rings is 2. The number of hydrogen-bond acceptors (Lipinski definition) is 4. The lowest BCUT2D eigenvalue weighted by Gasteiger charge is -2.29. The molecule has 2 aromatic carbocycles. The van der Waals surface area contributed by atoms with Crippen LogP contribution in [0.3, 0.4) is 0 Å². The van der Waals surface area contributed by atoms with Crippen LogP contribution in [-0.2, 0) is 34.2 Å². The van der Waals surface area contributed by atoms with Crippen LogP contribution >= 0.6 is 0 Å². The number of rotatable bonds is 5. The van der Waals surface area contributed by atoms with E-state index in [9.17, 15) is 13.2 Å². The minimum atomic E-state index is -3.75. The van der Waals surface area contributed by atoms with Crippen molar-refractivity contribution in [1.29, 1.82) is 0 Å². The number of sulfonamides is 1. The number of carbonyl (C=O) groups excluding carboxylic acids is 1. The van der Waals surface area contributed by atoms with E-state index >= 15 is 0 Å². The summed E-state index contributed by atoms with van der Waals surface area (Å²) in [6.45, 7) is 3.55. The van der Waals surface area contributed by atoms with Crippen molar-refractivity contribution >= 4 is 15.9 Å². The summed E-state index contributed by atoms with van der Waals surface area (Å²) in [6, 6.07) is 12.4. The van der Waals surface area contributed by atoms with Gasteiger partial charge in [0.05, 0.1) is 17.9 Å². The van der Waals surface area contributed by atoms with Gasteiger partial charge >= 0.3 is 0 Å². The Bertz CT molecular complexity index is 908. The van der Waals surface area contributed by atoms with Gasteiger partial charge in [-0.05, 0) is 54.3 Å². The van der Waals surface area contributed by atoms with Crippen molar-refractivity contribution in [3.63, 3.8) is 0 Å². The van der Waals surface area contributed by atoms with E-state index in [1.54, 1.807) is 17.0 Å². The first-order valence-electron chi connectivity index (χ1n) is 8.51. The van der Waals surface area contributed by atoms with Gasteiger partial charge in [0.1, 0.15) is 5.75 Å². The second-order valence-electron chi connectivity index (χ2n) is 6.29. The van der Waals surface area contributed by atoms with Crippen molar-refractivity contribution in [2.45, 2.75) is 31.2 Å². The summed E-state index contributed by atoms with van der Waals surface area (Å²) in [4.78, 5) is 14.5. The largest absolute Gasteiger partial charge is 0.494 e. The molecule has 0 saturated carbocycles. The Morgan fingerprint density at radius 2 is 1.88 bits per heavy atom. The third-order valence-corrected chi connectivity index (χ3v) is 5.37. The molecule has 0 aliphatic carbocycles. The average Bonchev–Trinajstić information content (AvgIpc) is 2.62. The molecule has 138 valence electrons. The highest BCUT2D eigenvalue weighted by atomic mass is 32.2. The van der Waals surface area contributed by atoms with E-state index < -0.39 is 10.0 Å². The van der Waals surface area contributed by atoms with Gasteiger partial charge in [0, 0.05) is 13.1 Å². The maximum absolute atomic E-state index is 12.6. The number of hydrogen-bond donors (Lipinski definition) is 1. The summed E-state index contributed by atoms with van der Waals surface area (Å²) in [5.74, 6) is 0.798. The summed E-state index contributed by atoms with van der Waals surface area (Å²) >= 11 is 0. The van der Waals surface area contributed by atoms with E-state index in [0.29, 0.717) is 32.5 Å². The van der Waals surface area contributed by atoms with E-state index in [1.807, 2.05) is 31.2 Å². The van der Waals surface area contributed by atoms with Crippen LogP contribution < -0.4 is 9.88 Å². The van der Waals surface area contributed by atoms with Crippen LogP contribution in [0.4, 0.5) is 0 Å². The summed E-state index contributed by atoms with van der Waals surface area (Å²) < 4.78 is 28.5. The molecule has 26 heavy (non-hydrogen) atoms. The molecular weight excluding hydrogens is 352 g/mol. The molecule has 0 aromatic heterocycles. The minimum Gasteiger partial charge on any atom is -0.494 e. The molecule has 0 saturated heterocycles. The number of ether oxygens (including phenoxy) is 1. The van der Waals surface area contributed by atoms with Gasteiger partial charge in [0.25, 0.3) is 0 Å². The zero-order valence-electron chi connectivity index (χ0n) is 14.6. The predicted molar refractivity (Wildman–Crippen MR) is 98.3 cm³/mol. The highest BCUT2D eigenvalue weighted by Crippen LogP contribution is 2.23. The van der Waals surface area contributed by atoms with Gasteiger partial charge in [-0.15, -0.1) is 0 Å². The third-order valence-electron chi connectivity index (χ3n) is 4.46. The number of nitrogens with two attached hydrogens (primary N) is 1. The van der Waals surface area contributed by atoms with E-state index in [-0.39, 0.29) is 10.8 Å². The van der Waals surface area contributed by atoms with Gasteiger partial charge in [0.15, 0.2) is 0 Å². The molecular formula is C19H22N2O4S. The van der Waals surface area contributed by atoms with Crippen molar-refractivity contribution in [1.82, 2.24) is 4.90 Å². The van der Waals surface area contributed by atoms with Crippen LogP contribution in [0.5, 0.6) is 5.75 Å². The molecule has 2 N–H and O–H groups in total. The minimum absolute atomic E-state index is 0.0146. The lowest BCUT2D eigenvalue weighted by molar-refractivity contribution is -0.131. The molecule has 1 aliphatic heterocycles. The molecule has 1 aliphatic rings. The second-order valence-corrected chi connectivity index (χ2v) is 7.86. The molecule has 1 heterocycles. The van der Waals surface area contributed by atoms with E-state index in [4.69, 9.17) is 9.88 Å². The maximum Gasteiger partial charge on any atom is 0.238 e. The molecule has 0 radical (unpaired) electrons. The number of amides is 1. The third kappa shape index (κ3) is 4.23. The van der Waals surface area contributed by atoms with Gasteiger partial charge < -0.3 is 9.64 Å². The molecule has 0 fully saturated rings. The van der Waals surface area contributed by atoms with Gasteiger partial charge in [-0.3, -0.25) is 4.79 Å². The first-order valence-corrected chi connectivity index (χ1v) is 10.1. The summed E-state index contributed by atoms with van der Waals surface area (Å²) in [6.07, 6.45) is 1.01. The molecule has 3 rings (SSSR count). The number of nitrogens with zero attached hydrogens (tertiary/aromatic N) is 1. The van der Waals surface area contributed by atoms with Crippen LogP contribution in [0.2, 0.25) is 0 Å². The van der Waals surface area contributed by atoms with E-state index in [0.717, 1.165) is 22.4 Å². The molecule has 6 nitrogen and oxygen atoms in total. The average molecular weight is 374 g/mol. The van der Waals surface area contributed by atoms with Gasteiger partial charge in [-0.1, -0.05) is 18.2 Å². The van der Waals surface area contributed by atoms with Gasteiger partial charge in [-0.25, -0.2) is 13.6 Å². The Morgan fingerprint density at radius 3 is 2.54 bits per heavy atom. The normalized spacial score (nSPS) is 14.0. The number of primary sulfonamides is 1. The van der Waals surface area contributed by atoms with Crippen LogP contribution in [0.1, 0.15) is 23.6 Å². The Labute approximate surface area is 153 Å². The van der Waals surface area contributed by atoms with Crippen LogP contribution in [0.15, 0.2) is 47.4 Å². The van der Waals surface area contributed by atoms with Crippen molar-refractivity contribution in [3.8, 4) is 5.75 Å². The van der Waals surface area contributed by atoms with Crippen molar-refractivity contribution in [2.75, 3.05) is 13.2 Å². The second kappa shape index (κ2) is 7.47.